The van der Waals surface area contributed by atoms with E-state index < -0.39 is 12.0 Å². The van der Waals surface area contributed by atoms with Crippen LogP contribution in [-0.2, 0) is 6.18 Å². The first kappa shape index (κ1) is 14.5. The minimum Gasteiger partial charge on any atom is -0.497 e. The van der Waals surface area contributed by atoms with E-state index in [4.69, 9.17) is 4.74 Å². The van der Waals surface area contributed by atoms with E-state index in [0.717, 1.165) is 22.6 Å². The molecule has 9 heteroatoms. The predicted octanol–water partition coefficient (Wildman–Crippen LogP) is 3.38. The van der Waals surface area contributed by atoms with Crippen LogP contribution in [-0.4, -0.2) is 26.9 Å². The Bertz CT molecular complexity index is 820. The van der Waals surface area contributed by atoms with Crippen LogP contribution >= 0.6 is 11.3 Å². The van der Waals surface area contributed by atoms with Gasteiger partial charge in [-0.15, -0.1) is 10.2 Å². The van der Waals surface area contributed by atoms with E-state index in [1.165, 1.54) is 0 Å². The number of rotatable bonds is 3. The van der Waals surface area contributed by atoms with Crippen LogP contribution in [0.5, 0.6) is 5.75 Å². The van der Waals surface area contributed by atoms with Crippen molar-refractivity contribution in [3.8, 4) is 5.75 Å². The van der Waals surface area contributed by atoms with Crippen molar-refractivity contribution in [2.75, 3.05) is 7.11 Å². The fourth-order valence-electron chi connectivity index (χ4n) is 1.76. The maximum absolute atomic E-state index is 12.7. The van der Waals surface area contributed by atoms with Crippen LogP contribution in [0.15, 0.2) is 24.3 Å². The van der Waals surface area contributed by atoms with Gasteiger partial charge in [-0.3, -0.25) is 0 Å². The number of benzene rings is 1. The highest BCUT2D eigenvalue weighted by Crippen LogP contribution is 2.29. The molecule has 0 bridgehead atoms. The van der Waals surface area contributed by atoms with Gasteiger partial charge in [0.05, 0.1) is 7.11 Å². The van der Waals surface area contributed by atoms with Crippen LogP contribution in [0, 0.1) is 0 Å². The fraction of sp³-hybridized carbons (Fsp3) is 0.154. The quantitative estimate of drug-likeness (QED) is 0.740. The summed E-state index contributed by atoms with van der Waals surface area (Å²) in [5, 5.41) is 10.9. The van der Waals surface area contributed by atoms with Crippen molar-refractivity contribution in [1.82, 2.24) is 19.8 Å². The van der Waals surface area contributed by atoms with Gasteiger partial charge in [-0.25, -0.2) is 0 Å². The summed E-state index contributed by atoms with van der Waals surface area (Å²) in [4.78, 5) is 0.0988. The minimum absolute atomic E-state index is 0.0988. The number of hydrogen-bond acceptors (Lipinski definition) is 5. The van der Waals surface area contributed by atoms with Crippen LogP contribution in [0.2, 0.25) is 0 Å². The Morgan fingerprint density at radius 3 is 2.50 bits per heavy atom. The number of alkyl halides is 3. The summed E-state index contributed by atoms with van der Waals surface area (Å²) in [6.07, 6.45) is -1.20. The highest BCUT2D eigenvalue weighted by molar-refractivity contribution is 7.17. The van der Waals surface area contributed by atoms with Gasteiger partial charge in [0.2, 0.25) is 4.96 Å². The van der Waals surface area contributed by atoms with Gasteiger partial charge < -0.3 is 4.74 Å². The third-order valence-corrected chi connectivity index (χ3v) is 3.66. The van der Waals surface area contributed by atoms with Gasteiger partial charge in [-0.05, 0) is 23.8 Å². The zero-order valence-corrected chi connectivity index (χ0v) is 12.0. The first-order chi connectivity index (χ1) is 10.5. The first-order valence-corrected chi connectivity index (χ1v) is 6.90. The van der Waals surface area contributed by atoms with Gasteiger partial charge in [0.1, 0.15) is 10.8 Å². The highest BCUT2D eigenvalue weighted by Gasteiger charge is 2.38. The van der Waals surface area contributed by atoms with Crippen LogP contribution < -0.4 is 4.74 Å². The van der Waals surface area contributed by atoms with E-state index in [2.05, 4.69) is 15.3 Å². The maximum atomic E-state index is 12.7. The zero-order valence-electron chi connectivity index (χ0n) is 11.2. The van der Waals surface area contributed by atoms with Gasteiger partial charge in [0.25, 0.3) is 5.82 Å². The number of ether oxygens (including phenoxy) is 1. The number of aromatic nitrogens is 4. The molecule has 0 spiro atoms. The minimum atomic E-state index is -4.58. The van der Waals surface area contributed by atoms with Crippen molar-refractivity contribution >= 4 is 28.4 Å². The molecule has 22 heavy (non-hydrogen) atoms. The lowest BCUT2D eigenvalue weighted by Gasteiger charge is -1.99. The summed E-state index contributed by atoms with van der Waals surface area (Å²) in [6, 6.07) is 7.24. The molecule has 1 aromatic carbocycles. The summed E-state index contributed by atoms with van der Waals surface area (Å²) in [7, 11) is 1.57. The predicted molar refractivity (Wildman–Crippen MR) is 75.6 cm³/mol. The van der Waals surface area contributed by atoms with Gasteiger partial charge in [-0.2, -0.15) is 22.8 Å². The molecule has 0 unspecified atom stereocenters. The maximum Gasteiger partial charge on any atom is 0.453 e. The van der Waals surface area contributed by atoms with Crippen LogP contribution in [0.1, 0.15) is 16.4 Å². The summed E-state index contributed by atoms with van der Waals surface area (Å²) < 4.78 is 43.8. The molecule has 3 rings (SSSR count). The summed E-state index contributed by atoms with van der Waals surface area (Å²) in [5.41, 5.74) is 0.878. The van der Waals surface area contributed by atoms with Crippen LogP contribution in [0.25, 0.3) is 17.1 Å². The number of nitrogens with zero attached hydrogens (tertiary/aromatic N) is 4. The Hall–Kier alpha value is -2.42. The Labute approximate surface area is 126 Å². The highest BCUT2D eigenvalue weighted by atomic mass is 32.1. The molecule has 0 N–H and O–H groups in total. The molecular formula is C13H9F3N4OS. The van der Waals surface area contributed by atoms with Crippen molar-refractivity contribution < 1.29 is 17.9 Å². The second-order valence-corrected chi connectivity index (χ2v) is 5.25. The second-order valence-electron chi connectivity index (χ2n) is 4.26. The molecule has 2 aromatic heterocycles. The monoisotopic (exact) mass is 326 g/mol. The number of methoxy groups -OCH3 is 1. The summed E-state index contributed by atoms with van der Waals surface area (Å²) >= 11 is 1.03. The molecular weight excluding hydrogens is 317 g/mol. The lowest BCUT2D eigenvalue weighted by molar-refractivity contribution is -0.146. The van der Waals surface area contributed by atoms with E-state index in [0.29, 0.717) is 9.52 Å². The molecule has 0 fully saturated rings. The van der Waals surface area contributed by atoms with Crippen molar-refractivity contribution in [2.45, 2.75) is 6.18 Å². The largest absolute Gasteiger partial charge is 0.497 e. The van der Waals surface area contributed by atoms with E-state index in [1.807, 2.05) is 12.1 Å². The van der Waals surface area contributed by atoms with Gasteiger partial charge in [-0.1, -0.05) is 29.5 Å². The molecule has 114 valence electrons. The Kier molecular flexibility index (Phi) is 3.57. The van der Waals surface area contributed by atoms with Crippen LogP contribution in [0.4, 0.5) is 13.2 Å². The number of halogens is 3. The molecule has 0 amide bonds. The van der Waals surface area contributed by atoms with Gasteiger partial charge in [0.15, 0.2) is 0 Å². The molecule has 0 atom stereocenters. The SMILES string of the molecule is COc1ccc(/C=C/c2nn3c(C(F)(F)F)nnc3s2)cc1. The average molecular weight is 326 g/mol. The molecule has 0 aliphatic rings. The van der Waals surface area contributed by atoms with E-state index in [-0.39, 0.29) is 4.96 Å². The molecule has 0 aliphatic heterocycles. The average Bonchev–Trinajstić information content (AvgIpc) is 3.04. The summed E-state index contributed by atoms with van der Waals surface area (Å²) in [6.45, 7) is 0. The molecule has 0 aliphatic carbocycles. The Morgan fingerprint density at radius 2 is 1.86 bits per heavy atom. The number of fused-ring (bicyclic) bond motifs is 1. The topological polar surface area (TPSA) is 52.3 Å². The molecule has 0 saturated carbocycles. The zero-order chi connectivity index (χ0) is 15.7. The smallest absolute Gasteiger partial charge is 0.453 e. The molecule has 5 nitrogen and oxygen atoms in total. The van der Waals surface area contributed by atoms with Crippen molar-refractivity contribution in [2.24, 2.45) is 0 Å². The molecule has 3 aromatic rings. The lowest BCUT2D eigenvalue weighted by atomic mass is 10.2. The third-order valence-electron chi connectivity index (χ3n) is 2.79. The van der Waals surface area contributed by atoms with Crippen molar-refractivity contribution in [3.63, 3.8) is 0 Å². The standard InChI is InChI=1S/C13H9F3N4OS/c1-21-9-5-2-8(3-6-9)4-7-10-19-20-11(13(14,15)16)17-18-12(20)22-10/h2-7H,1H3/b7-4+. The second kappa shape index (κ2) is 5.41. The first-order valence-electron chi connectivity index (χ1n) is 6.09. The molecule has 2 heterocycles. The summed E-state index contributed by atoms with van der Waals surface area (Å²) in [5.74, 6) is -0.395. The lowest BCUT2D eigenvalue weighted by Crippen LogP contribution is -2.11. The Balaban J connectivity index is 1.87. The van der Waals surface area contributed by atoms with E-state index >= 15 is 0 Å². The third kappa shape index (κ3) is 2.80. The van der Waals surface area contributed by atoms with Gasteiger partial charge in [0, 0.05) is 0 Å². The number of hydrogen-bond donors (Lipinski definition) is 0. The molecule has 0 saturated heterocycles. The molecule has 0 radical (unpaired) electrons. The van der Waals surface area contributed by atoms with E-state index in [1.54, 1.807) is 31.4 Å². The Morgan fingerprint density at radius 1 is 1.14 bits per heavy atom. The normalized spacial score (nSPS) is 12.4. The fourth-order valence-corrected chi connectivity index (χ4v) is 2.50. The van der Waals surface area contributed by atoms with Crippen molar-refractivity contribution in [1.29, 1.82) is 0 Å². The van der Waals surface area contributed by atoms with Crippen LogP contribution in [0.3, 0.4) is 0 Å². The van der Waals surface area contributed by atoms with Crippen molar-refractivity contribution in [3.05, 3.63) is 40.7 Å². The van der Waals surface area contributed by atoms with E-state index in [9.17, 15) is 13.2 Å². The van der Waals surface area contributed by atoms with Gasteiger partial charge >= 0.3 is 6.18 Å².